The van der Waals surface area contributed by atoms with Gasteiger partial charge < -0.3 is 4.74 Å². The lowest BCUT2D eigenvalue weighted by Crippen LogP contribution is -2.13. The van der Waals surface area contributed by atoms with Crippen molar-refractivity contribution < 1.29 is 13.9 Å². The molecule has 0 aliphatic rings. The minimum Gasteiger partial charge on any atom is -0.447 e. The molecule has 0 aliphatic carbocycles. The van der Waals surface area contributed by atoms with Crippen LogP contribution in [0.25, 0.3) is 0 Å². The Bertz CT molecular complexity index is 817. The van der Waals surface area contributed by atoms with Crippen LogP contribution in [0.15, 0.2) is 60.8 Å². The number of nitrogens with zero attached hydrogens (tertiary/aromatic N) is 1. The summed E-state index contributed by atoms with van der Waals surface area (Å²) in [6.07, 6.45) is 0.868. The Kier molecular flexibility index (Phi) is 4.48. The Morgan fingerprint density at radius 1 is 1.17 bits per heavy atom. The van der Waals surface area contributed by atoms with Crippen molar-refractivity contribution in [2.24, 2.45) is 0 Å². The molecule has 2 aromatic heterocycles. The summed E-state index contributed by atoms with van der Waals surface area (Å²) in [5.74, 6) is -0.825. The molecule has 0 bridgehead atoms. The quantitative estimate of drug-likeness (QED) is 0.661. The Balaban J connectivity index is 1.94. The molecule has 0 fully saturated rings. The lowest BCUT2D eigenvalue weighted by molar-refractivity contribution is 0.0376. The largest absolute Gasteiger partial charge is 0.447 e. The fraction of sp³-hybridized carbons (Fsp3) is 0.111. The average Bonchev–Trinajstić information content (AvgIpc) is 3.00. The molecular weight excluding hydrogens is 313 g/mol. The van der Waals surface area contributed by atoms with E-state index in [0.29, 0.717) is 16.1 Å². The number of esters is 1. The summed E-state index contributed by atoms with van der Waals surface area (Å²) in [6.45, 7) is 1.92. The molecule has 0 N–H and O–H groups in total. The molecule has 0 spiro atoms. The van der Waals surface area contributed by atoms with Crippen LogP contribution < -0.4 is 0 Å². The van der Waals surface area contributed by atoms with Crippen LogP contribution in [0.1, 0.15) is 31.9 Å². The Hall–Kier alpha value is -2.53. The number of aromatic nitrogens is 1. The highest BCUT2D eigenvalue weighted by Gasteiger charge is 2.22. The number of hydrogen-bond acceptors (Lipinski definition) is 4. The fourth-order valence-corrected chi connectivity index (χ4v) is 2.96. The SMILES string of the molecule is Cc1ccc(C(=O)OC(c2cccc(F)c2)c2ccccn2)s1. The summed E-state index contributed by atoms with van der Waals surface area (Å²) >= 11 is 1.36. The second-order valence-corrected chi connectivity index (χ2v) is 6.29. The molecule has 2 heterocycles. The second-order valence-electron chi connectivity index (χ2n) is 5.01. The topological polar surface area (TPSA) is 39.2 Å². The molecule has 0 radical (unpaired) electrons. The summed E-state index contributed by atoms with van der Waals surface area (Å²) < 4.78 is 19.2. The van der Waals surface area contributed by atoms with Crippen LogP contribution in [0.5, 0.6) is 0 Å². The average molecular weight is 327 g/mol. The molecule has 3 nitrogen and oxygen atoms in total. The van der Waals surface area contributed by atoms with E-state index in [4.69, 9.17) is 4.74 Å². The van der Waals surface area contributed by atoms with Gasteiger partial charge in [-0.2, -0.15) is 0 Å². The van der Waals surface area contributed by atoms with Crippen molar-refractivity contribution in [1.29, 1.82) is 0 Å². The van der Waals surface area contributed by atoms with E-state index in [-0.39, 0.29) is 5.82 Å². The van der Waals surface area contributed by atoms with Gasteiger partial charge in [0.25, 0.3) is 0 Å². The van der Waals surface area contributed by atoms with Crippen molar-refractivity contribution in [3.8, 4) is 0 Å². The summed E-state index contributed by atoms with van der Waals surface area (Å²) in [7, 11) is 0. The van der Waals surface area contributed by atoms with E-state index in [1.54, 1.807) is 42.6 Å². The highest BCUT2D eigenvalue weighted by atomic mass is 32.1. The Labute approximate surface area is 137 Å². The molecule has 0 amide bonds. The number of carbonyl (C=O) groups is 1. The standard InChI is InChI=1S/C18H14FNO2S/c1-12-8-9-16(23-12)18(21)22-17(15-7-2-3-10-20-15)13-5-4-6-14(19)11-13/h2-11,17H,1H3. The molecule has 0 saturated heterocycles. The van der Waals surface area contributed by atoms with Gasteiger partial charge in [0.15, 0.2) is 6.10 Å². The van der Waals surface area contributed by atoms with E-state index in [9.17, 15) is 9.18 Å². The van der Waals surface area contributed by atoms with Gasteiger partial charge in [-0.1, -0.05) is 18.2 Å². The van der Waals surface area contributed by atoms with Crippen molar-refractivity contribution >= 4 is 17.3 Å². The van der Waals surface area contributed by atoms with Gasteiger partial charge >= 0.3 is 5.97 Å². The summed E-state index contributed by atoms with van der Waals surface area (Å²) in [6, 6.07) is 14.9. The molecule has 1 aromatic carbocycles. The molecule has 1 atom stereocenters. The van der Waals surface area contributed by atoms with Gasteiger partial charge in [0, 0.05) is 16.6 Å². The minimum atomic E-state index is -0.748. The van der Waals surface area contributed by atoms with Gasteiger partial charge in [0.05, 0.1) is 5.69 Å². The van der Waals surface area contributed by atoms with Crippen molar-refractivity contribution in [2.75, 3.05) is 0 Å². The monoisotopic (exact) mass is 327 g/mol. The Morgan fingerprint density at radius 2 is 2.04 bits per heavy atom. The summed E-state index contributed by atoms with van der Waals surface area (Å²) in [5, 5.41) is 0. The van der Waals surface area contributed by atoms with Crippen molar-refractivity contribution in [3.05, 3.63) is 87.6 Å². The van der Waals surface area contributed by atoms with Gasteiger partial charge in [0.2, 0.25) is 0 Å². The third kappa shape index (κ3) is 3.63. The number of hydrogen-bond donors (Lipinski definition) is 0. The van der Waals surface area contributed by atoms with Gasteiger partial charge in [-0.25, -0.2) is 9.18 Å². The maximum Gasteiger partial charge on any atom is 0.349 e. The smallest absolute Gasteiger partial charge is 0.349 e. The van der Waals surface area contributed by atoms with Crippen LogP contribution in [-0.4, -0.2) is 11.0 Å². The van der Waals surface area contributed by atoms with E-state index >= 15 is 0 Å². The molecule has 3 aromatic rings. The molecule has 116 valence electrons. The zero-order chi connectivity index (χ0) is 16.2. The second kappa shape index (κ2) is 6.71. The fourth-order valence-electron chi connectivity index (χ4n) is 2.21. The van der Waals surface area contributed by atoms with E-state index in [2.05, 4.69) is 4.98 Å². The van der Waals surface area contributed by atoms with Crippen LogP contribution in [0.2, 0.25) is 0 Å². The normalized spacial score (nSPS) is 11.9. The maximum absolute atomic E-state index is 13.5. The predicted octanol–water partition coefficient (Wildman–Crippen LogP) is 4.54. The number of aryl methyl sites for hydroxylation is 1. The van der Waals surface area contributed by atoms with Crippen molar-refractivity contribution in [1.82, 2.24) is 4.98 Å². The maximum atomic E-state index is 13.5. The number of carbonyl (C=O) groups excluding carboxylic acids is 1. The molecule has 5 heteroatoms. The summed E-state index contributed by atoms with van der Waals surface area (Å²) in [4.78, 5) is 18.1. The minimum absolute atomic E-state index is 0.383. The number of ether oxygens (including phenoxy) is 1. The number of thiophene rings is 1. The molecule has 0 aliphatic heterocycles. The van der Waals surface area contributed by atoms with Crippen LogP contribution in [0.3, 0.4) is 0 Å². The molecule has 1 unspecified atom stereocenters. The number of benzene rings is 1. The van der Waals surface area contributed by atoms with Crippen LogP contribution in [0.4, 0.5) is 4.39 Å². The molecule has 0 saturated carbocycles. The lowest BCUT2D eigenvalue weighted by atomic mass is 10.1. The first-order chi connectivity index (χ1) is 11.1. The van der Waals surface area contributed by atoms with Crippen LogP contribution >= 0.6 is 11.3 Å². The number of rotatable bonds is 4. The first kappa shape index (κ1) is 15.4. The number of pyridine rings is 1. The van der Waals surface area contributed by atoms with Crippen molar-refractivity contribution in [2.45, 2.75) is 13.0 Å². The zero-order valence-electron chi connectivity index (χ0n) is 12.4. The highest BCUT2D eigenvalue weighted by Crippen LogP contribution is 2.27. The zero-order valence-corrected chi connectivity index (χ0v) is 13.2. The van der Waals surface area contributed by atoms with Gasteiger partial charge in [0.1, 0.15) is 10.7 Å². The van der Waals surface area contributed by atoms with Crippen molar-refractivity contribution in [3.63, 3.8) is 0 Å². The van der Waals surface area contributed by atoms with E-state index in [1.807, 2.05) is 13.0 Å². The van der Waals surface area contributed by atoms with Crippen LogP contribution in [-0.2, 0) is 4.74 Å². The summed E-state index contributed by atoms with van der Waals surface area (Å²) in [5.41, 5.74) is 1.10. The van der Waals surface area contributed by atoms with E-state index in [0.717, 1.165) is 4.88 Å². The van der Waals surface area contributed by atoms with Gasteiger partial charge in [-0.15, -0.1) is 11.3 Å². The van der Waals surface area contributed by atoms with Gasteiger partial charge in [-0.3, -0.25) is 4.98 Å². The van der Waals surface area contributed by atoms with Gasteiger partial charge in [-0.05, 0) is 43.3 Å². The molecule has 3 rings (SSSR count). The third-order valence-electron chi connectivity index (χ3n) is 3.27. The molecule has 23 heavy (non-hydrogen) atoms. The predicted molar refractivity (Wildman–Crippen MR) is 87.0 cm³/mol. The molecular formula is C18H14FNO2S. The van der Waals surface area contributed by atoms with Crippen LogP contribution in [0, 0.1) is 12.7 Å². The first-order valence-corrected chi connectivity index (χ1v) is 7.89. The first-order valence-electron chi connectivity index (χ1n) is 7.07. The third-order valence-corrected chi connectivity index (χ3v) is 4.25. The van der Waals surface area contributed by atoms with E-state index < -0.39 is 12.1 Å². The number of halogens is 1. The lowest BCUT2D eigenvalue weighted by Gasteiger charge is -2.17. The Morgan fingerprint density at radius 3 is 2.70 bits per heavy atom. The van der Waals surface area contributed by atoms with E-state index in [1.165, 1.54) is 23.5 Å². The highest BCUT2D eigenvalue weighted by molar-refractivity contribution is 7.13.